The third-order valence-corrected chi connectivity index (χ3v) is 4.02. The number of aryl methyl sites for hydroxylation is 1. The Kier molecular flexibility index (Phi) is 7.23. The summed E-state index contributed by atoms with van der Waals surface area (Å²) in [6.45, 7) is 4.77. The number of nitrogens with one attached hydrogen (secondary N) is 1. The molecule has 144 valence electrons. The van der Waals surface area contributed by atoms with Crippen LogP contribution in [0.5, 0.6) is 11.5 Å². The first-order valence-corrected chi connectivity index (χ1v) is 8.83. The van der Waals surface area contributed by atoms with Gasteiger partial charge in [0.1, 0.15) is 6.42 Å². The summed E-state index contributed by atoms with van der Waals surface area (Å²) in [5.41, 5.74) is 2.68. The highest BCUT2D eigenvalue weighted by atomic mass is 16.5. The monoisotopic (exact) mass is 370 g/mol. The van der Waals surface area contributed by atoms with E-state index in [9.17, 15) is 9.59 Å². The smallest absolute Gasteiger partial charge is 0.233 e. The van der Waals surface area contributed by atoms with E-state index >= 15 is 0 Å². The maximum atomic E-state index is 12.3. The molecule has 2 amide bonds. The van der Waals surface area contributed by atoms with Crippen LogP contribution >= 0.6 is 0 Å². The van der Waals surface area contributed by atoms with Crippen LogP contribution in [0, 0.1) is 6.92 Å². The summed E-state index contributed by atoms with van der Waals surface area (Å²) in [4.78, 5) is 26.0. The lowest BCUT2D eigenvalue weighted by Gasteiger charge is -2.18. The molecule has 0 aliphatic heterocycles. The zero-order valence-corrected chi connectivity index (χ0v) is 16.2. The lowest BCUT2D eigenvalue weighted by molar-refractivity contribution is -0.134. The molecule has 27 heavy (non-hydrogen) atoms. The Morgan fingerprint density at radius 2 is 1.78 bits per heavy atom. The minimum Gasteiger partial charge on any atom is -0.493 e. The number of anilines is 1. The van der Waals surface area contributed by atoms with E-state index in [4.69, 9.17) is 9.47 Å². The molecular formula is C21H26N2O4. The molecule has 0 saturated carbocycles. The predicted octanol–water partition coefficient (Wildman–Crippen LogP) is 3.39. The fraction of sp³-hybridized carbons (Fsp3) is 0.333. The van der Waals surface area contributed by atoms with Crippen LogP contribution in [0.25, 0.3) is 0 Å². The molecular weight excluding hydrogens is 344 g/mol. The van der Waals surface area contributed by atoms with Crippen LogP contribution in [-0.2, 0) is 16.1 Å². The summed E-state index contributed by atoms with van der Waals surface area (Å²) in [6.07, 6.45) is -0.209. The lowest BCUT2D eigenvalue weighted by Crippen LogP contribution is -2.30. The molecule has 0 aromatic heterocycles. The Labute approximate surface area is 160 Å². The highest BCUT2D eigenvalue weighted by Crippen LogP contribution is 2.28. The van der Waals surface area contributed by atoms with Gasteiger partial charge in [0.15, 0.2) is 11.5 Å². The molecule has 0 saturated heterocycles. The molecule has 0 aliphatic rings. The number of hydrogen-bond donors (Lipinski definition) is 1. The molecule has 2 aromatic carbocycles. The molecule has 0 atom stereocenters. The Morgan fingerprint density at radius 1 is 1.07 bits per heavy atom. The molecule has 0 fully saturated rings. The summed E-state index contributed by atoms with van der Waals surface area (Å²) >= 11 is 0. The van der Waals surface area contributed by atoms with Gasteiger partial charge in [0.25, 0.3) is 0 Å². The molecule has 1 N–H and O–H groups in total. The quantitative estimate of drug-likeness (QED) is 0.723. The second-order valence-corrected chi connectivity index (χ2v) is 6.26. The van der Waals surface area contributed by atoms with Crippen molar-refractivity contribution in [2.24, 2.45) is 0 Å². The Morgan fingerprint density at radius 3 is 2.41 bits per heavy atom. The molecule has 2 rings (SSSR count). The average molecular weight is 370 g/mol. The molecule has 2 aromatic rings. The predicted molar refractivity (Wildman–Crippen MR) is 105 cm³/mol. The summed E-state index contributed by atoms with van der Waals surface area (Å²) in [5.74, 6) is 0.691. The van der Waals surface area contributed by atoms with Crippen LogP contribution in [0.3, 0.4) is 0 Å². The number of methoxy groups -OCH3 is 1. The van der Waals surface area contributed by atoms with Crippen molar-refractivity contribution in [1.29, 1.82) is 0 Å². The summed E-state index contributed by atoms with van der Waals surface area (Å²) in [5, 5.41) is 2.74. The standard InChI is InChI=1S/C21H26N2O4/c1-5-27-19-12-16(8-11-18(19)26-4)14-23(3)21(25)13-20(24)22-17-9-6-15(2)7-10-17/h6-12H,5,13-14H2,1-4H3,(H,22,24). The first-order valence-electron chi connectivity index (χ1n) is 8.83. The SMILES string of the molecule is CCOc1cc(CN(C)C(=O)CC(=O)Nc2ccc(C)cc2)ccc1OC. The summed E-state index contributed by atoms with van der Waals surface area (Å²) < 4.78 is 10.8. The maximum Gasteiger partial charge on any atom is 0.233 e. The third-order valence-electron chi connectivity index (χ3n) is 4.02. The van der Waals surface area contributed by atoms with Gasteiger partial charge in [0.2, 0.25) is 11.8 Å². The molecule has 6 heteroatoms. The average Bonchev–Trinajstić information content (AvgIpc) is 2.64. The van der Waals surface area contributed by atoms with Crippen molar-refractivity contribution < 1.29 is 19.1 Å². The number of nitrogens with zero attached hydrogens (tertiary/aromatic N) is 1. The van der Waals surface area contributed by atoms with Crippen LogP contribution < -0.4 is 14.8 Å². The van der Waals surface area contributed by atoms with Crippen molar-refractivity contribution >= 4 is 17.5 Å². The van der Waals surface area contributed by atoms with Crippen LogP contribution in [0.1, 0.15) is 24.5 Å². The van der Waals surface area contributed by atoms with E-state index < -0.39 is 0 Å². The number of ether oxygens (including phenoxy) is 2. The van der Waals surface area contributed by atoms with Crippen molar-refractivity contribution in [3.05, 3.63) is 53.6 Å². The van der Waals surface area contributed by atoms with E-state index in [1.807, 2.05) is 56.3 Å². The Balaban J connectivity index is 1.93. The van der Waals surface area contributed by atoms with Crippen LogP contribution in [0.2, 0.25) is 0 Å². The van der Waals surface area contributed by atoms with Crippen molar-refractivity contribution in [2.75, 3.05) is 26.1 Å². The van der Waals surface area contributed by atoms with Gasteiger partial charge in [-0.25, -0.2) is 0 Å². The number of carbonyl (C=O) groups excluding carboxylic acids is 2. The lowest BCUT2D eigenvalue weighted by atomic mass is 10.2. The molecule has 0 spiro atoms. The molecule has 0 aliphatic carbocycles. The van der Waals surface area contributed by atoms with Gasteiger partial charge in [-0.1, -0.05) is 23.8 Å². The van der Waals surface area contributed by atoms with Crippen LogP contribution in [0.15, 0.2) is 42.5 Å². The van der Waals surface area contributed by atoms with Gasteiger partial charge in [-0.05, 0) is 43.7 Å². The second kappa shape index (κ2) is 9.62. The van der Waals surface area contributed by atoms with Gasteiger partial charge >= 0.3 is 0 Å². The number of carbonyl (C=O) groups is 2. The molecule has 0 radical (unpaired) electrons. The van der Waals surface area contributed by atoms with E-state index in [2.05, 4.69) is 5.32 Å². The normalized spacial score (nSPS) is 10.2. The Bertz CT molecular complexity index is 787. The topological polar surface area (TPSA) is 67.9 Å². The minimum absolute atomic E-state index is 0.209. The maximum absolute atomic E-state index is 12.3. The van der Waals surface area contributed by atoms with Gasteiger partial charge in [-0.15, -0.1) is 0 Å². The first-order chi connectivity index (χ1) is 12.9. The van der Waals surface area contributed by atoms with Crippen LogP contribution in [0.4, 0.5) is 5.69 Å². The van der Waals surface area contributed by atoms with Gasteiger partial charge < -0.3 is 19.7 Å². The van der Waals surface area contributed by atoms with Gasteiger partial charge in [-0.2, -0.15) is 0 Å². The zero-order valence-electron chi connectivity index (χ0n) is 16.2. The summed E-state index contributed by atoms with van der Waals surface area (Å²) in [7, 11) is 3.26. The number of hydrogen-bond acceptors (Lipinski definition) is 4. The molecule has 0 bridgehead atoms. The largest absolute Gasteiger partial charge is 0.493 e. The minimum atomic E-state index is -0.333. The highest BCUT2D eigenvalue weighted by Gasteiger charge is 2.15. The summed E-state index contributed by atoms with van der Waals surface area (Å²) in [6, 6.07) is 13.0. The molecule has 0 unspecified atom stereocenters. The van der Waals surface area contributed by atoms with Crippen molar-refractivity contribution in [2.45, 2.75) is 26.8 Å². The highest BCUT2D eigenvalue weighted by molar-refractivity contribution is 6.03. The second-order valence-electron chi connectivity index (χ2n) is 6.26. The van der Waals surface area contributed by atoms with Gasteiger partial charge in [-0.3, -0.25) is 9.59 Å². The van der Waals surface area contributed by atoms with E-state index in [1.165, 1.54) is 4.90 Å². The third kappa shape index (κ3) is 6.02. The van der Waals surface area contributed by atoms with Crippen LogP contribution in [-0.4, -0.2) is 37.5 Å². The Hall–Kier alpha value is -3.02. The number of benzene rings is 2. The zero-order chi connectivity index (χ0) is 19.8. The van der Waals surface area contributed by atoms with Gasteiger partial charge in [0, 0.05) is 19.3 Å². The van der Waals surface area contributed by atoms with Crippen molar-refractivity contribution in [3.8, 4) is 11.5 Å². The number of rotatable bonds is 8. The van der Waals surface area contributed by atoms with Crippen molar-refractivity contribution in [1.82, 2.24) is 4.90 Å². The van der Waals surface area contributed by atoms with E-state index in [0.717, 1.165) is 11.1 Å². The fourth-order valence-electron chi connectivity index (χ4n) is 2.56. The van der Waals surface area contributed by atoms with E-state index in [-0.39, 0.29) is 18.2 Å². The fourth-order valence-corrected chi connectivity index (χ4v) is 2.56. The number of amides is 2. The van der Waals surface area contributed by atoms with E-state index in [1.54, 1.807) is 14.2 Å². The van der Waals surface area contributed by atoms with Gasteiger partial charge in [0.05, 0.1) is 13.7 Å². The molecule has 6 nitrogen and oxygen atoms in total. The van der Waals surface area contributed by atoms with Crippen molar-refractivity contribution in [3.63, 3.8) is 0 Å². The molecule has 0 heterocycles. The first kappa shape index (κ1) is 20.3. The van der Waals surface area contributed by atoms with E-state index in [0.29, 0.717) is 30.3 Å².